The molecule has 2 aromatic rings. The minimum absolute atomic E-state index is 0.541. The zero-order valence-electron chi connectivity index (χ0n) is 9.15. The molecular formula is C12H14ClN3. The molecule has 0 aliphatic rings. The van der Waals surface area contributed by atoms with E-state index in [0.717, 1.165) is 24.4 Å². The van der Waals surface area contributed by atoms with Crippen molar-refractivity contribution in [3.63, 3.8) is 0 Å². The number of likely N-dealkylation sites (N-methyl/N-ethyl adjacent to an activating group) is 1. The first-order valence-corrected chi connectivity index (χ1v) is 5.70. The lowest BCUT2D eigenvalue weighted by Crippen LogP contribution is -2.11. The fourth-order valence-corrected chi connectivity index (χ4v) is 1.77. The van der Waals surface area contributed by atoms with Gasteiger partial charge in [0.2, 0.25) is 0 Å². The molecule has 0 aromatic carbocycles. The molecule has 4 heteroatoms. The number of rotatable bonds is 4. The van der Waals surface area contributed by atoms with Gasteiger partial charge in [-0.05, 0) is 24.8 Å². The average molecular weight is 236 g/mol. The summed E-state index contributed by atoms with van der Waals surface area (Å²) >= 11 is 6.08. The number of hydrogen-bond donors (Lipinski definition) is 1. The maximum Gasteiger partial charge on any atom is 0.155 e. The van der Waals surface area contributed by atoms with Crippen LogP contribution < -0.4 is 5.32 Å². The minimum Gasteiger partial charge on any atom is -0.314 e. The van der Waals surface area contributed by atoms with Gasteiger partial charge in [-0.25, -0.2) is 4.98 Å². The molecule has 0 fully saturated rings. The zero-order chi connectivity index (χ0) is 11.4. The first-order valence-electron chi connectivity index (χ1n) is 5.32. The summed E-state index contributed by atoms with van der Waals surface area (Å²) in [4.78, 5) is 4.27. The lowest BCUT2D eigenvalue weighted by molar-refractivity contribution is 0.801. The van der Waals surface area contributed by atoms with Crippen molar-refractivity contribution in [1.82, 2.24) is 14.7 Å². The molecule has 0 radical (unpaired) electrons. The summed E-state index contributed by atoms with van der Waals surface area (Å²) in [5.41, 5.74) is 1.80. The number of fused-ring (bicyclic) bond motifs is 1. The summed E-state index contributed by atoms with van der Waals surface area (Å²) in [5, 5.41) is 3.76. The van der Waals surface area contributed by atoms with Crippen LogP contribution in [0, 0.1) is 0 Å². The van der Waals surface area contributed by atoms with E-state index < -0.39 is 0 Å². The Balaban J connectivity index is 2.29. The summed E-state index contributed by atoms with van der Waals surface area (Å²) in [7, 11) is 0. The van der Waals surface area contributed by atoms with Crippen molar-refractivity contribution >= 4 is 23.3 Å². The van der Waals surface area contributed by atoms with Gasteiger partial charge < -0.3 is 5.32 Å². The fourth-order valence-electron chi connectivity index (χ4n) is 1.53. The molecule has 0 aliphatic carbocycles. The Morgan fingerprint density at radius 3 is 3.19 bits per heavy atom. The minimum atomic E-state index is 0.541. The second-order valence-corrected chi connectivity index (χ2v) is 3.78. The quantitative estimate of drug-likeness (QED) is 0.826. The zero-order valence-corrected chi connectivity index (χ0v) is 9.91. The van der Waals surface area contributed by atoms with Crippen LogP contribution in [-0.4, -0.2) is 22.5 Å². The van der Waals surface area contributed by atoms with Crippen molar-refractivity contribution in [3.8, 4) is 0 Å². The van der Waals surface area contributed by atoms with Crippen molar-refractivity contribution in [2.24, 2.45) is 0 Å². The predicted molar refractivity (Wildman–Crippen MR) is 67.8 cm³/mol. The normalized spacial score (nSPS) is 11.6. The molecule has 2 aromatic heterocycles. The Bertz CT molecular complexity index is 502. The maximum atomic E-state index is 6.08. The van der Waals surface area contributed by atoms with Crippen LogP contribution in [0.1, 0.15) is 12.6 Å². The molecule has 0 amide bonds. The van der Waals surface area contributed by atoms with Gasteiger partial charge in [0.15, 0.2) is 5.15 Å². The van der Waals surface area contributed by atoms with Gasteiger partial charge in [0, 0.05) is 12.7 Å². The molecule has 0 saturated heterocycles. The molecule has 3 nitrogen and oxygen atoms in total. The van der Waals surface area contributed by atoms with Crippen LogP contribution in [0.15, 0.2) is 30.5 Å². The van der Waals surface area contributed by atoms with E-state index in [1.54, 1.807) is 0 Å². The number of pyridine rings is 1. The molecule has 16 heavy (non-hydrogen) atoms. The molecule has 0 aliphatic heterocycles. The second-order valence-electron chi connectivity index (χ2n) is 3.43. The van der Waals surface area contributed by atoms with Gasteiger partial charge in [0.1, 0.15) is 5.65 Å². The van der Waals surface area contributed by atoms with Crippen LogP contribution in [0.4, 0.5) is 0 Å². The highest BCUT2D eigenvalue weighted by molar-refractivity contribution is 6.31. The number of nitrogens with one attached hydrogen (secondary N) is 1. The molecule has 0 saturated carbocycles. The highest BCUT2D eigenvalue weighted by Gasteiger charge is 2.05. The Morgan fingerprint density at radius 2 is 2.38 bits per heavy atom. The lowest BCUT2D eigenvalue weighted by atomic mass is 10.4. The fraction of sp³-hybridized carbons (Fsp3) is 0.250. The van der Waals surface area contributed by atoms with E-state index in [0.29, 0.717) is 5.15 Å². The standard InChI is InChI=1S/C12H14ClN3/c1-2-14-8-5-6-10-12(13)15-11-7-3-4-9-16(10)11/h3-7,9,14H,2,8H2,1H3. The summed E-state index contributed by atoms with van der Waals surface area (Å²) in [6.07, 6.45) is 6.00. The van der Waals surface area contributed by atoms with E-state index in [1.807, 2.05) is 40.9 Å². The van der Waals surface area contributed by atoms with Gasteiger partial charge in [-0.3, -0.25) is 4.40 Å². The number of imidazole rings is 1. The molecule has 0 atom stereocenters. The number of aromatic nitrogens is 2. The van der Waals surface area contributed by atoms with E-state index in [9.17, 15) is 0 Å². The molecule has 0 spiro atoms. The molecule has 1 N–H and O–H groups in total. The van der Waals surface area contributed by atoms with E-state index in [2.05, 4.69) is 17.2 Å². The van der Waals surface area contributed by atoms with Gasteiger partial charge in [-0.2, -0.15) is 0 Å². The SMILES string of the molecule is CCNCC=Cc1c(Cl)nc2ccccn12. The largest absolute Gasteiger partial charge is 0.314 e. The van der Waals surface area contributed by atoms with Gasteiger partial charge >= 0.3 is 0 Å². The summed E-state index contributed by atoms with van der Waals surface area (Å²) < 4.78 is 1.98. The van der Waals surface area contributed by atoms with Crippen molar-refractivity contribution in [2.75, 3.05) is 13.1 Å². The summed E-state index contributed by atoms with van der Waals surface area (Å²) in [5.74, 6) is 0. The second kappa shape index (κ2) is 5.14. The molecule has 2 heterocycles. The predicted octanol–water partition coefficient (Wildman–Crippen LogP) is 2.61. The van der Waals surface area contributed by atoms with E-state index in [1.165, 1.54) is 0 Å². The lowest BCUT2D eigenvalue weighted by Gasteiger charge is -1.96. The smallest absolute Gasteiger partial charge is 0.155 e. The van der Waals surface area contributed by atoms with Crippen LogP contribution in [0.2, 0.25) is 5.15 Å². The Morgan fingerprint density at radius 1 is 1.50 bits per heavy atom. The molecule has 0 unspecified atom stereocenters. The number of nitrogens with zero attached hydrogens (tertiary/aromatic N) is 2. The summed E-state index contributed by atoms with van der Waals surface area (Å²) in [6.45, 7) is 3.88. The highest BCUT2D eigenvalue weighted by atomic mass is 35.5. The average Bonchev–Trinajstić information content (AvgIpc) is 2.61. The molecule has 0 bridgehead atoms. The molecule has 84 valence electrons. The van der Waals surface area contributed by atoms with Crippen molar-refractivity contribution in [2.45, 2.75) is 6.92 Å². The van der Waals surface area contributed by atoms with Gasteiger partial charge in [-0.15, -0.1) is 0 Å². The van der Waals surface area contributed by atoms with Gasteiger partial charge in [0.25, 0.3) is 0 Å². The summed E-state index contributed by atoms with van der Waals surface area (Å²) in [6, 6.07) is 5.85. The Kier molecular flexibility index (Phi) is 3.59. The van der Waals surface area contributed by atoms with Crippen LogP contribution in [0.5, 0.6) is 0 Å². The highest BCUT2D eigenvalue weighted by Crippen LogP contribution is 2.18. The van der Waals surface area contributed by atoms with Gasteiger partial charge in [-0.1, -0.05) is 30.7 Å². The van der Waals surface area contributed by atoms with Crippen LogP contribution in [0.3, 0.4) is 0 Å². The van der Waals surface area contributed by atoms with Crippen molar-refractivity contribution < 1.29 is 0 Å². The first kappa shape index (κ1) is 11.2. The van der Waals surface area contributed by atoms with Gasteiger partial charge in [0.05, 0.1) is 5.69 Å². The number of halogens is 1. The molecule has 2 rings (SSSR count). The monoisotopic (exact) mass is 235 g/mol. The molecular weight excluding hydrogens is 222 g/mol. The first-order chi connectivity index (χ1) is 7.83. The van der Waals surface area contributed by atoms with E-state index in [4.69, 9.17) is 11.6 Å². The third-order valence-corrected chi connectivity index (χ3v) is 2.59. The van der Waals surface area contributed by atoms with Crippen LogP contribution in [-0.2, 0) is 0 Å². The van der Waals surface area contributed by atoms with E-state index in [-0.39, 0.29) is 0 Å². The Labute approximate surface area is 99.8 Å². The van der Waals surface area contributed by atoms with Crippen molar-refractivity contribution in [3.05, 3.63) is 41.3 Å². The van der Waals surface area contributed by atoms with Crippen molar-refractivity contribution in [1.29, 1.82) is 0 Å². The maximum absolute atomic E-state index is 6.08. The van der Waals surface area contributed by atoms with E-state index >= 15 is 0 Å². The van der Waals surface area contributed by atoms with Crippen LogP contribution >= 0.6 is 11.6 Å². The third-order valence-electron chi connectivity index (χ3n) is 2.31. The number of hydrogen-bond acceptors (Lipinski definition) is 2. The Hall–Kier alpha value is -1.32. The third kappa shape index (κ3) is 2.26. The topological polar surface area (TPSA) is 29.3 Å². The van der Waals surface area contributed by atoms with Crippen LogP contribution in [0.25, 0.3) is 11.7 Å².